The number of nitro benzene ring substituents is 1. The van der Waals surface area contributed by atoms with Gasteiger partial charge in [-0.05, 0) is 25.8 Å². The summed E-state index contributed by atoms with van der Waals surface area (Å²) in [5.74, 6) is 1.21. The molecule has 24 heavy (non-hydrogen) atoms. The highest BCUT2D eigenvalue weighted by atomic mass is 16.6. The molecule has 2 heterocycles. The average Bonchev–Trinajstić information content (AvgIpc) is 2.93. The molecular formula is C15H17N7O2. The molecule has 0 saturated carbocycles. The first-order valence-electron chi connectivity index (χ1n) is 7.61. The molecule has 1 fully saturated rings. The van der Waals surface area contributed by atoms with Gasteiger partial charge < -0.3 is 10.6 Å². The van der Waals surface area contributed by atoms with Gasteiger partial charge >= 0.3 is 0 Å². The van der Waals surface area contributed by atoms with Gasteiger partial charge in [0.15, 0.2) is 0 Å². The van der Waals surface area contributed by atoms with Crippen LogP contribution >= 0.6 is 0 Å². The zero-order chi connectivity index (χ0) is 17.3. The smallest absolute Gasteiger partial charge is 0.270 e. The zero-order valence-corrected chi connectivity index (χ0v) is 13.2. The number of nitriles is 1. The second-order valence-corrected chi connectivity index (χ2v) is 5.76. The Bertz CT molecular complexity index is 796. The summed E-state index contributed by atoms with van der Waals surface area (Å²) in [4.78, 5) is 12.4. The maximum absolute atomic E-state index is 10.9. The number of rotatable bonds is 3. The number of nitrogen functional groups attached to an aromatic ring is 1. The van der Waals surface area contributed by atoms with E-state index in [9.17, 15) is 15.4 Å². The summed E-state index contributed by atoms with van der Waals surface area (Å²) < 4.78 is 1.94. The lowest BCUT2D eigenvalue weighted by Gasteiger charge is -2.35. The third-order valence-corrected chi connectivity index (χ3v) is 4.37. The molecule has 0 spiro atoms. The molecule has 1 aromatic heterocycles. The van der Waals surface area contributed by atoms with Gasteiger partial charge in [-0.25, -0.2) is 0 Å². The first kappa shape index (κ1) is 15.7. The lowest BCUT2D eigenvalue weighted by molar-refractivity contribution is -0.384. The minimum absolute atomic E-state index is 0.0712. The van der Waals surface area contributed by atoms with Gasteiger partial charge in [0, 0.05) is 31.3 Å². The number of aromatic nitrogens is 3. The molecule has 2 aromatic rings. The first-order valence-corrected chi connectivity index (χ1v) is 7.61. The molecule has 1 aliphatic rings. The summed E-state index contributed by atoms with van der Waals surface area (Å²) >= 11 is 0. The molecule has 0 amide bonds. The van der Waals surface area contributed by atoms with Crippen molar-refractivity contribution in [1.29, 1.82) is 5.26 Å². The molecule has 9 nitrogen and oxygen atoms in total. The average molecular weight is 327 g/mol. The highest BCUT2D eigenvalue weighted by Crippen LogP contribution is 2.31. The van der Waals surface area contributed by atoms with Crippen molar-refractivity contribution >= 4 is 17.3 Å². The van der Waals surface area contributed by atoms with Crippen LogP contribution in [-0.4, -0.2) is 32.8 Å². The molecule has 0 atom stereocenters. The van der Waals surface area contributed by atoms with Crippen molar-refractivity contribution in [2.24, 2.45) is 0 Å². The van der Waals surface area contributed by atoms with Gasteiger partial charge in [-0.3, -0.25) is 14.7 Å². The van der Waals surface area contributed by atoms with E-state index in [4.69, 9.17) is 5.73 Å². The number of nitrogens with zero attached hydrogens (tertiary/aromatic N) is 6. The van der Waals surface area contributed by atoms with E-state index in [-0.39, 0.29) is 11.7 Å². The van der Waals surface area contributed by atoms with E-state index in [1.807, 2.05) is 11.5 Å². The van der Waals surface area contributed by atoms with Crippen LogP contribution < -0.4 is 10.6 Å². The standard InChI is InChI=1S/C15H17N7O2/c1-10-18-19-15(17)21(10)12-4-6-20(7-5-12)14-3-2-13(22(23)24)8-11(14)9-16/h2-3,8,12H,4-7H2,1H3,(H2,17,19). The molecule has 1 aromatic carbocycles. The Balaban J connectivity index is 1.78. The van der Waals surface area contributed by atoms with Crippen molar-refractivity contribution in [1.82, 2.24) is 14.8 Å². The van der Waals surface area contributed by atoms with Gasteiger partial charge in [-0.1, -0.05) is 0 Å². The SMILES string of the molecule is Cc1nnc(N)n1C1CCN(c2ccc([N+](=O)[O-])cc2C#N)CC1. The summed E-state index contributed by atoms with van der Waals surface area (Å²) in [6, 6.07) is 6.68. The van der Waals surface area contributed by atoms with Crippen LogP contribution in [0, 0.1) is 28.4 Å². The predicted octanol–water partition coefficient (Wildman–Crippen LogP) is 1.79. The van der Waals surface area contributed by atoms with Crippen LogP contribution in [0.5, 0.6) is 0 Å². The number of hydrogen-bond acceptors (Lipinski definition) is 7. The van der Waals surface area contributed by atoms with E-state index in [1.165, 1.54) is 12.1 Å². The third kappa shape index (κ3) is 2.74. The van der Waals surface area contributed by atoms with Crippen molar-refractivity contribution < 1.29 is 4.92 Å². The molecular weight excluding hydrogens is 310 g/mol. The second kappa shape index (κ2) is 6.16. The number of aryl methyl sites for hydroxylation is 1. The molecule has 1 saturated heterocycles. The van der Waals surface area contributed by atoms with Gasteiger partial charge in [-0.2, -0.15) is 5.26 Å². The maximum atomic E-state index is 10.9. The number of anilines is 2. The summed E-state index contributed by atoms with van der Waals surface area (Å²) in [6.07, 6.45) is 1.68. The molecule has 1 aliphatic heterocycles. The third-order valence-electron chi connectivity index (χ3n) is 4.37. The van der Waals surface area contributed by atoms with E-state index >= 15 is 0 Å². The summed E-state index contributed by atoms with van der Waals surface area (Å²) in [5.41, 5.74) is 6.86. The largest absolute Gasteiger partial charge is 0.370 e. The van der Waals surface area contributed by atoms with E-state index < -0.39 is 4.92 Å². The topological polar surface area (TPSA) is 127 Å². The maximum Gasteiger partial charge on any atom is 0.270 e. The fourth-order valence-corrected chi connectivity index (χ4v) is 3.20. The molecule has 0 bridgehead atoms. The van der Waals surface area contributed by atoms with Crippen molar-refractivity contribution in [3.05, 3.63) is 39.7 Å². The Morgan fingerprint density at radius 3 is 2.62 bits per heavy atom. The number of piperidine rings is 1. The fraction of sp³-hybridized carbons (Fsp3) is 0.400. The number of nitrogens with two attached hydrogens (primary N) is 1. The molecule has 9 heteroatoms. The minimum Gasteiger partial charge on any atom is -0.370 e. The van der Waals surface area contributed by atoms with Crippen LogP contribution in [-0.2, 0) is 0 Å². The van der Waals surface area contributed by atoms with E-state index in [0.717, 1.165) is 37.4 Å². The van der Waals surface area contributed by atoms with Crippen LogP contribution in [0.25, 0.3) is 0 Å². The molecule has 3 rings (SSSR count). The Labute approximate surface area is 138 Å². The lowest BCUT2D eigenvalue weighted by atomic mass is 10.0. The summed E-state index contributed by atoms with van der Waals surface area (Å²) in [6.45, 7) is 3.34. The second-order valence-electron chi connectivity index (χ2n) is 5.76. The zero-order valence-electron chi connectivity index (χ0n) is 13.2. The van der Waals surface area contributed by atoms with Crippen molar-refractivity contribution in [2.75, 3.05) is 23.7 Å². The molecule has 2 N–H and O–H groups in total. The highest BCUT2D eigenvalue weighted by Gasteiger charge is 2.25. The monoisotopic (exact) mass is 327 g/mol. The summed E-state index contributed by atoms with van der Waals surface area (Å²) in [5, 5.41) is 28.0. The molecule has 0 radical (unpaired) electrons. The first-order chi connectivity index (χ1) is 11.5. The Morgan fingerprint density at radius 2 is 2.08 bits per heavy atom. The number of benzene rings is 1. The Morgan fingerprint density at radius 1 is 1.38 bits per heavy atom. The van der Waals surface area contributed by atoms with Crippen LogP contribution in [0.4, 0.5) is 17.3 Å². The lowest BCUT2D eigenvalue weighted by Crippen LogP contribution is -2.35. The van der Waals surface area contributed by atoms with Crippen LogP contribution in [0.2, 0.25) is 0 Å². The number of nitro groups is 1. The van der Waals surface area contributed by atoms with Gasteiger partial charge in [-0.15, -0.1) is 10.2 Å². The van der Waals surface area contributed by atoms with Crippen LogP contribution in [0.15, 0.2) is 18.2 Å². The minimum atomic E-state index is -0.492. The van der Waals surface area contributed by atoms with E-state index in [1.54, 1.807) is 6.07 Å². The van der Waals surface area contributed by atoms with Crippen LogP contribution in [0.1, 0.15) is 30.3 Å². The number of non-ortho nitro benzene ring substituents is 1. The molecule has 0 aliphatic carbocycles. The highest BCUT2D eigenvalue weighted by molar-refractivity contribution is 5.63. The van der Waals surface area contributed by atoms with Crippen molar-refractivity contribution in [3.63, 3.8) is 0 Å². The molecule has 124 valence electrons. The van der Waals surface area contributed by atoms with Crippen molar-refractivity contribution in [3.8, 4) is 6.07 Å². The Kier molecular flexibility index (Phi) is 4.04. The van der Waals surface area contributed by atoms with Gasteiger partial charge in [0.25, 0.3) is 5.69 Å². The summed E-state index contributed by atoms with van der Waals surface area (Å²) in [7, 11) is 0. The van der Waals surface area contributed by atoms with Gasteiger partial charge in [0.2, 0.25) is 5.95 Å². The van der Waals surface area contributed by atoms with Crippen LogP contribution in [0.3, 0.4) is 0 Å². The Hall–Kier alpha value is -3.15. The molecule has 0 unspecified atom stereocenters. The van der Waals surface area contributed by atoms with Gasteiger partial charge in [0.1, 0.15) is 11.9 Å². The number of hydrogen-bond donors (Lipinski definition) is 1. The predicted molar refractivity (Wildman–Crippen MR) is 87.5 cm³/mol. The normalized spacial score (nSPS) is 15.2. The quantitative estimate of drug-likeness (QED) is 0.672. The van der Waals surface area contributed by atoms with E-state index in [0.29, 0.717) is 11.5 Å². The van der Waals surface area contributed by atoms with E-state index in [2.05, 4.69) is 21.2 Å². The fourth-order valence-electron chi connectivity index (χ4n) is 3.20. The van der Waals surface area contributed by atoms with Crippen molar-refractivity contribution in [2.45, 2.75) is 25.8 Å². The van der Waals surface area contributed by atoms with Gasteiger partial charge in [0.05, 0.1) is 16.2 Å².